The highest BCUT2D eigenvalue weighted by Gasteiger charge is 2.23. The number of carbonyl (C=O) groups is 1. The van der Waals surface area contributed by atoms with Crippen LogP contribution in [0.2, 0.25) is 0 Å². The fraction of sp³-hybridized carbons (Fsp3) is 0.273. The molecule has 0 bridgehead atoms. The summed E-state index contributed by atoms with van der Waals surface area (Å²) in [4.78, 5) is 14.8. The molecule has 0 aliphatic carbocycles. The van der Waals surface area contributed by atoms with E-state index >= 15 is 0 Å². The Morgan fingerprint density at radius 1 is 1.44 bits per heavy atom. The normalized spacial score (nSPS) is 18.8. The van der Waals surface area contributed by atoms with Crippen LogP contribution in [0.4, 0.5) is 0 Å². The Kier molecular flexibility index (Phi) is 4.83. The van der Waals surface area contributed by atoms with Gasteiger partial charge >= 0.3 is 5.97 Å². The van der Waals surface area contributed by atoms with Crippen molar-refractivity contribution in [2.45, 2.75) is 12.5 Å². The molecule has 1 atom stereocenters. The third-order valence-electron chi connectivity index (χ3n) is 2.19. The van der Waals surface area contributed by atoms with E-state index in [1.807, 2.05) is 30.3 Å². The molecule has 5 heteroatoms. The van der Waals surface area contributed by atoms with E-state index in [1.54, 1.807) is 11.8 Å². The summed E-state index contributed by atoms with van der Waals surface area (Å²) in [6.07, 6.45) is 0.745. The summed E-state index contributed by atoms with van der Waals surface area (Å²) in [6.45, 7) is 0. The molecule has 2 rings (SSSR count). The maximum atomic E-state index is 10.7. The van der Waals surface area contributed by atoms with Gasteiger partial charge in [-0.2, -0.15) is 0 Å². The largest absolute Gasteiger partial charge is 0.480 e. The van der Waals surface area contributed by atoms with Gasteiger partial charge in [-0.3, -0.25) is 4.99 Å². The Bertz CT molecular complexity index is 394. The van der Waals surface area contributed by atoms with Crippen LogP contribution in [0.25, 0.3) is 0 Å². The van der Waals surface area contributed by atoms with Gasteiger partial charge in [0.05, 0.1) is 5.04 Å². The first-order valence-corrected chi connectivity index (χ1v) is 5.70. The van der Waals surface area contributed by atoms with Gasteiger partial charge in [0.1, 0.15) is 0 Å². The van der Waals surface area contributed by atoms with Crippen molar-refractivity contribution in [2.75, 3.05) is 5.75 Å². The molecule has 0 saturated carbocycles. The highest BCUT2D eigenvalue weighted by molar-refractivity contribution is 8.14. The molecule has 3 nitrogen and oxygen atoms in total. The van der Waals surface area contributed by atoms with Gasteiger partial charge in [-0.15, -0.1) is 24.2 Å². The Balaban J connectivity index is 0.00000128. The number of carboxylic acid groups (broad SMARTS) is 1. The van der Waals surface area contributed by atoms with Gasteiger partial charge in [0.2, 0.25) is 0 Å². The standard InChI is InChI=1S/C11H11NO2S.ClH/c13-11(14)9-7-15-10(12-9)6-8-4-2-1-3-5-8;/h1-5,9H,6-7H2,(H,13,14);1H. The summed E-state index contributed by atoms with van der Waals surface area (Å²) < 4.78 is 0. The number of rotatable bonds is 3. The van der Waals surface area contributed by atoms with Crippen molar-refractivity contribution in [1.29, 1.82) is 0 Å². The van der Waals surface area contributed by atoms with Crippen molar-refractivity contribution in [3.05, 3.63) is 35.9 Å². The molecule has 1 unspecified atom stereocenters. The SMILES string of the molecule is Cl.O=C(O)C1CSC(Cc2ccccc2)=N1. The zero-order valence-electron chi connectivity index (χ0n) is 8.50. The van der Waals surface area contributed by atoms with Gasteiger partial charge in [-0.1, -0.05) is 30.3 Å². The van der Waals surface area contributed by atoms with E-state index in [9.17, 15) is 4.79 Å². The summed E-state index contributed by atoms with van der Waals surface area (Å²) >= 11 is 1.54. The number of hydrogen-bond acceptors (Lipinski definition) is 3. The van der Waals surface area contributed by atoms with E-state index in [-0.39, 0.29) is 12.4 Å². The van der Waals surface area contributed by atoms with Crippen molar-refractivity contribution < 1.29 is 9.90 Å². The van der Waals surface area contributed by atoms with Crippen molar-refractivity contribution in [3.8, 4) is 0 Å². The van der Waals surface area contributed by atoms with Crippen LogP contribution in [-0.4, -0.2) is 27.9 Å². The van der Waals surface area contributed by atoms with Gasteiger partial charge < -0.3 is 5.11 Å². The van der Waals surface area contributed by atoms with Crippen LogP contribution in [0.5, 0.6) is 0 Å². The fourth-order valence-electron chi connectivity index (χ4n) is 1.42. The van der Waals surface area contributed by atoms with Gasteiger partial charge in [0, 0.05) is 12.2 Å². The summed E-state index contributed by atoms with van der Waals surface area (Å²) in [5, 5.41) is 9.70. The molecule has 1 aliphatic rings. The maximum Gasteiger partial charge on any atom is 0.329 e. The summed E-state index contributed by atoms with van der Waals surface area (Å²) in [6, 6.07) is 9.42. The smallest absolute Gasteiger partial charge is 0.329 e. The van der Waals surface area contributed by atoms with E-state index in [4.69, 9.17) is 5.11 Å². The fourth-order valence-corrected chi connectivity index (χ4v) is 2.46. The van der Waals surface area contributed by atoms with Crippen LogP contribution >= 0.6 is 24.2 Å². The molecule has 1 aromatic rings. The predicted octanol–water partition coefficient (Wildman–Crippen LogP) is 2.25. The van der Waals surface area contributed by atoms with Crippen LogP contribution in [0.15, 0.2) is 35.3 Å². The molecule has 16 heavy (non-hydrogen) atoms. The molecule has 86 valence electrons. The van der Waals surface area contributed by atoms with Crippen molar-refractivity contribution in [2.24, 2.45) is 4.99 Å². The second-order valence-electron chi connectivity index (χ2n) is 3.35. The highest BCUT2D eigenvalue weighted by atomic mass is 35.5. The number of nitrogens with zero attached hydrogens (tertiary/aromatic N) is 1. The molecule has 1 aliphatic heterocycles. The molecule has 1 N–H and O–H groups in total. The van der Waals surface area contributed by atoms with E-state index in [0.717, 1.165) is 11.5 Å². The van der Waals surface area contributed by atoms with Crippen molar-refractivity contribution >= 4 is 35.2 Å². The molecule has 0 saturated heterocycles. The minimum absolute atomic E-state index is 0. The van der Waals surface area contributed by atoms with E-state index in [0.29, 0.717) is 5.75 Å². The summed E-state index contributed by atoms with van der Waals surface area (Å²) in [5.41, 5.74) is 1.18. The molecule has 0 aromatic heterocycles. The van der Waals surface area contributed by atoms with E-state index < -0.39 is 12.0 Å². The summed E-state index contributed by atoms with van der Waals surface area (Å²) in [5.74, 6) is -0.261. The Morgan fingerprint density at radius 2 is 2.12 bits per heavy atom. The highest BCUT2D eigenvalue weighted by Crippen LogP contribution is 2.21. The lowest BCUT2D eigenvalue weighted by atomic mass is 10.2. The molecule has 0 radical (unpaired) electrons. The minimum atomic E-state index is -0.828. The quantitative estimate of drug-likeness (QED) is 0.904. The number of halogens is 1. The average Bonchev–Trinajstić information content (AvgIpc) is 2.68. The number of carboxylic acids is 1. The molecular formula is C11H12ClNO2S. The summed E-state index contributed by atoms with van der Waals surface area (Å²) in [7, 11) is 0. The lowest BCUT2D eigenvalue weighted by Crippen LogP contribution is -2.17. The second-order valence-corrected chi connectivity index (χ2v) is 4.44. The monoisotopic (exact) mass is 257 g/mol. The Labute approximate surface area is 104 Å². The number of benzene rings is 1. The van der Waals surface area contributed by atoms with Gasteiger partial charge in [-0.25, -0.2) is 4.79 Å². The first kappa shape index (κ1) is 13.1. The predicted molar refractivity (Wildman–Crippen MR) is 68.7 cm³/mol. The maximum absolute atomic E-state index is 10.7. The first-order valence-electron chi connectivity index (χ1n) is 4.72. The second kappa shape index (κ2) is 5.92. The van der Waals surface area contributed by atoms with Gasteiger partial charge in [0.15, 0.2) is 6.04 Å². The number of aliphatic imine (C=N–C) groups is 1. The molecule has 1 aromatic carbocycles. The van der Waals surface area contributed by atoms with Crippen molar-refractivity contribution in [1.82, 2.24) is 0 Å². The number of aliphatic carboxylic acids is 1. The van der Waals surface area contributed by atoms with E-state index in [1.165, 1.54) is 5.56 Å². The van der Waals surface area contributed by atoms with Crippen molar-refractivity contribution in [3.63, 3.8) is 0 Å². The lowest BCUT2D eigenvalue weighted by molar-refractivity contribution is -0.137. The Hall–Kier alpha value is -1.00. The third-order valence-corrected chi connectivity index (χ3v) is 3.26. The molecule has 0 fully saturated rings. The number of hydrogen-bond donors (Lipinski definition) is 1. The molecule has 0 amide bonds. The van der Waals surface area contributed by atoms with Crippen LogP contribution in [0, 0.1) is 0 Å². The van der Waals surface area contributed by atoms with Crippen LogP contribution < -0.4 is 0 Å². The minimum Gasteiger partial charge on any atom is -0.480 e. The zero-order chi connectivity index (χ0) is 10.7. The molecule has 0 spiro atoms. The third kappa shape index (κ3) is 3.25. The van der Waals surface area contributed by atoms with Gasteiger partial charge in [0.25, 0.3) is 0 Å². The topological polar surface area (TPSA) is 49.7 Å². The zero-order valence-corrected chi connectivity index (χ0v) is 10.1. The lowest BCUT2D eigenvalue weighted by Gasteiger charge is -1.98. The first-order chi connectivity index (χ1) is 7.25. The molecule has 1 heterocycles. The van der Waals surface area contributed by atoms with Gasteiger partial charge in [-0.05, 0) is 5.56 Å². The van der Waals surface area contributed by atoms with E-state index in [2.05, 4.69) is 4.99 Å². The average molecular weight is 258 g/mol. The van der Waals surface area contributed by atoms with Crippen LogP contribution in [0.3, 0.4) is 0 Å². The number of thioether (sulfide) groups is 1. The van der Waals surface area contributed by atoms with Crippen LogP contribution in [-0.2, 0) is 11.2 Å². The van der Waals surface area contributed by atoms with Crippen LogP contribution in [0.1, 0.15) is 5.56 Å². The Morgan fingerprint density at radius 3 is 2.69 bits per heavy atom. The molecular weight excluding hydrogens is 246 g/mol.